The Hall–Kier alpha value is -2.21. The number of piperidine rings is 1. The van der Waals surface area contributed by atoms with Crippen LogP contribution in [-0.4, -0.2) is 41.9 Å². The number of halogens is 2. The molecule has 144 valence electrons. The Morgan fingerprint density at radius 3 is 2.56 bits per heavy atom. The molecule has 2 saturated heterocycles. The molecule has 1 amide bonds. The zero-order valence-corrected chi connectivity index (χ0v) is 15.2. The predicted octanol–water partition coefficient (Wildman–Crippen LogP) is 3.93. The fourth-order valence-corrected chi connectivity index (χ4v) is 4.41. The van der Waals surface area contributed by atoms with Crippen LogP contribution in [0.15, 0.2) is 41.0 Å². The fourth-order valence-electron chi connectivity index (χ4n) is 4.41. The Labute approximate surface area is 157 Å². The number of benzene rings is 1. The second-order valence-corrected chi connectivity index (χ2v) is 7.60. The first-order chi connectivity index (χ1) is 13.1. The van der Waals surface area contributed by atoms with Crippen molar-refractivity contribution in [2.24, 2.45) is 11.8 Å². The van der Waals surface area contributed by atoms with Crippen LogP contribution in [0.1, 0.15) is 35.4 Å². The van der Waals surface area contributed by atoms with Gasteiger partial charge in [0.25, 0.3) is 5.91 Å². The SMILES string of the molecule is O=C(c1ccco1)N1CC[C@@H](C2CCN(Cc3cccc(F)c3F)CC2)C1. The Balaban J connectivity index is 1.28. The van der Waals surface area contributed by atoms with Crippen molar-refractivity contribution in [1.29, 1.82) is 0 Å². The van der Waals surface area contributed by atoms with Crippen LogP contribution in [0.25, 0.3) is 0 Å². The molecule has 0 unspecified atom stereocenters. The van der Waals surface area contributed by atoms with Gasteiger partial charge >= 0.3 is 0 Å². The van der Waals surface area contributed by atoms with Crippen LogP contribution in [0.3, 0.4) is 0 Å². The van der Waals surface area contributed by atoms with E-state index in [-0.39, 0.29) is 5.91 Å². The molecule has 1 aromatic heterocycles. The Bertz CT molecular complexity index is 785. The van der Waals surface area contributed by atoms with E-state index in [9.17, 15) is 13.6 Å². The first kappa shape index (κ1) is 18.2. The van der Waals surface area contributed by atoms with E-state index in [1.165, 1.54) is 6.26 Å². The highest BCUT2D eigenvalue weighted by Crippen LogP contribution is 2.33. The van der Waals surface area contributed by atoms with Crippen LogP contribution in [0, 0.1) is 23.5 Å². The van der Waals surface area contributed by atoms with Gasteiger partial charge in [0.15, 0.2) is 17.4 Å². The third-order valence-corrected chi connectivity index (χ3v) is 5.97. The first-order valence-electron chi connectivity index (χ1n) is 9.60. The molecule has 0 bridgehead atoms. The minimum absolute atomic E-state index is 0.0264. The molecule has 2 aliphatic rings. The smallest absolute Gasteiger partial charge is 0.289 e. The second kappa shape index (κ2) is 7.80. The third-order valence-electron chi connectivity index (χ3n) is 5.97. The van der Waals surface area contributed by atoms with Crippen molar-refractivity contribution in [3.63, 3.8) is 0 Å². The van der Waals surface area contributed by atoms with Crippen LogP contribution in [0.5, 0.6) is 0 Å². The quantitative estimate of drug-likeness (QED) is 0.814. The molecule has 27 heavy (non-hydrogen) atoms. The number of hydrogen-bond donors (Lipinski definition) is 0. The zero-order chi connectivity index (χ0) is 18.8. The highest BCUT2D eigenvalue weighted by atomic mass is 19.2. The normalized spacial score (nSPS) is 21.7. The van der Waals surface area contributed by atoms with Gasteiger partial charge in [0.1, 0.15) is 0 Å². The Kier molecular flexibility index (Phi) is 5.25. The molecule has 3 heterocycles. The van der Waals surface area contributed by atoms with Crippen LogP contribution in [0.2, 0.25) is 0 Å². The molecular formula is C21H24F2N2O2. The summed E-state index contributed by atoms with van der Waals surface area (Å²) < 4.78 is 32.5. The summed E-state index contributed by atoms with van der Waals surface area (Å²) in [5.41, 5.74) is 0.421. The molecule has 0 saturated carbocycles. The molecular weight excluding hydrogens is 350 g/mol. The van der Waals surface area contributed by atoms with Crippen molar-refractivity contribution in [3.8, 4) is 0 Å². The number of hydrogen-bond acceptors (Lipinski definition) is 3. The van der Waals surface area contributed by atoms with Gasteiger partial charge < -0.3 is 9.32 Å². The summed E-state index contributed by atoms with van der Waals surface area (Å²) in [5.74, 6) is -0.0498. The summed E-state index contributed by atoms with van der Waals surface area (Å²) in [5, 5.41) is 0. The van der Waals surface area contributed by atoms with Gasteiger partial charge in [0.2, 0.25) is 0 Å². The first-order valence-corrected chi connectivity index (χ1v) is 9.60. The van der Waals surface area contributed by atoms with Crippen LogP contribution >= 0.6 is 0 Å². The minimum atomic E-state index is -0.783. The summed E-state index contributed by atoms with van der Waals surface area (Å²) in [6.45, 7) is 3.76. The van der Waals surface area contributed by atoms with E-state index in [1.54, 1.807) is 24.3 Å². The molecule has 4 nitrogen and oxygen atoms in total. The van der Waals surface area contributed by atoms with E-state index in [4.69, 9.17) is 4.42 Å². The van der Waals surface area contributed by atoms with E-state index in [1.807, 2.05) is 4.90 Å². The fraction of sp³-hybridized carbons (Fsp3) is 0.476. The van der Waals surface area contributed by atoms with Gasteiger partial charge in [-0.2, -0.15) is 0 Å². The lowest BCUT2D eigenvalue weighted by Gasteiger charge is -2.34. The molecule has 4 rings (SSSR count). The lowest BCUT2D eigenvalue weighted by Crippen LogP contribution is -2.37. The molecule has 6 heteroatoms. The number of nitrogens with zero attached hydrogens (tertiary/aromatic N) is 2. The van der Waals surface area contributed by atoms with Crippen LogP contribution in [-0.2, 0) is 6.54 Å². The molecule has 1 aromatic carbocycles. The lowest BCUT2D eigenvalue weighted by atomic mass is 9.83. The summed E-state index contributed by atoms with van der Waals surface area (Å²) in [6, 6.07) is 7.81. The van der Waals surface area contributed by atoms with E-state index in [0.29, 0.717) is 29.7 Å². The largest absolute Gasteiger partial charge is 0.459 e. The van der Waals surface area contributed by atoms with Crippen LogP contribution in [0.4, 0.5) is 8.78 Å². The average molecular weight is 374 g/mol. The predicted molar refractivity (Wildman–Crippen MR) is 97.1 cm³/mol. The Morgan fingerprint density at radius 2 is 1.81 bits per heavy atom. The maximum atomic E-state index is 13.9. The molecule has 0 N–H and O–H groups in total. The number of furan rings is 1. The average Bonchev–Trinajstić information content (AvgIpc) is 3.38. The molecule has 2 fully saturated rings. The molecule has 0 radical (unpaired) electrons. The molecule has 2 aliphatic heterocycles. The van der Waals surface area contributed by atoms with Crippen molar-refractivity contribution in [2.75, 3.05) is 26.2 Å². The van der Waals surface area contributed by atoms with Crippen molar-refractivity contribution < 1.29 is 18.0 Å². The third kappa shape index (κ3) is 3.90. The highest BCUT2D eigenvalue weighted by molar-refractivity contribution is 5.91. The van der Waals surface area contributed by atoms with Gasteiger partial charge in [-0.3, -0.25) is 9.69 Å². The maximum absolute atomic E-state index is 13.9. The van der Waals surface area contributed by atoms with Gasteiger partial charge in [-0.05, 0) is 62.4 Å². The molecule has 1 atom stereocenters. The van der Waals surface area contributed by atoms with Crippen molar-refractivity contribution in [2.45, 2.75) is 25.8 Å². The number of carbonyl (C=O) groups is 1. The summed E-state index contributed by atoms with van der Waals surface area (Å²) in [6.07, 6.45) is 4.61. The van der Waals surface area contributed by atoms with Gasteiger partial charge in [-0.1, -0.05) is 12.1 Å². The van der Waals surface area contributed by atoms with E-state index >= 15 is 0 Å². The zero-order valence-electron chi connectivity index (χ0n) is 15.2. The van der Waals surface area contributed by atoms with E-state index < -0.39 is 11.6 Å². The van der Waals surface area contributed by atoms with Crippen LogP contribution < -0.4 is 0 Å². The summed E-state index contributed by atoms with van der Waals surface area (Å²) in [7, 11) is 0. The van der Waals surface area contributed by atoms with Gasteiger partial charge in [-0.25, -0.2) is 8.78 Å². The van der Waals surface area contributed by atoms with Crippen molar-refractivity contribution >= 4 is 5.91 Å². The maximum Gasteiger partial charge on any atom is 0.289 e. The monoisotopic (exact) mass is 374 g/mol. The molecule has 0 aliphatic carbocycles. The molecule has 2 aromatic rings. The van der Waals surface area contributed by atoms with Crippen molar-refractivity contribution in [3.05, 3.63) is 59.6 Å². The van der Waals surface area contributed by atoms with Crippen molar-refractivity contribution in [1.82, 2.24) is 9.80 Å². The van der Waals surface area contributed by atoms with E-state index in [0.717, 1.165) is 51.5 Å². The van der Waals surface area contributed by atoms with Gasteiger partial charge in [0, 0.05) is 25.2 Å². The molecule has 0 spiro atoms. The highest BCUT2D eigenvalue weighted by Gasteiger charge is 2.34. The minimum Gasteiger partial charge on any atom is -0.459 e. The number of amides is 1. The number of rotatable bonds is 4. The lowest BCUT2D eigenvalue weighted by molar-refractivity contribution is 0.0741. The summed E-state index contributed by atoms with van der Waals surface area (Å²) >= 11 is 0. The topological polar surface area (TPSA) is 36.7 Å². The number of likely N-dealkylation sites (tertiary alicyclic amines) is 2. The standard InChI is InChI=1S/C21H24F2N2O2/c22-18-4-1-3-17(20(18)23)13-24-9-6-15(7-10-24)16-8-11-25(14-16)21(26)19-5-2-12-27-19/h1-5,12,15-16H,6-11,13-14H2/t16-/m1/s1. The second-order valence-electron chi connectivity index (χ2n) is 7.60. The van der Waals surface area contributed by atoms with E-state index in [2.05, 4.69) is 4.90 Å². The number of carbonyl (C=O) groups excluding carboxylic acids is 1. The van der Waals surface area contributed by atoms with Gasteiger partial charge in [-0.15, -0.1) is 0 Å². The van der Waals surface area contributed by atoms with Gasteiger partial charge in [0.05, 0.1) is 6.26 Å². The summed E-state index contributed by atoms with van der Waals surface area (Å²) in [4.78, 5) is 16.5. The Morgan fingerprint density at radius 1 is 1.04 bits per heavy atom.